The van der Waals surface area contributed by atoms with Crippen molar-refractivity contribution in [2.45, 2.75) is 6.61 Å². The minimum atomic E-state index is -1.06. The van der Waals surface area contributed by atoms with Crippen LogP contribution in [0.1, 0.15) is 25.2 Å². The highest BCUT2D eigenvalue weighted by Crippen LogP contribution is 2.19. The number of hydrogen-bond acceptors (Lipinski definition) is 6. The first-order valence-electron chi connectivity index (χ1n) is 8.37. The normalized spacial score (nSPS) is 10.5. The average Bonchev–Trinajstić information content (AvgIpc) is 3.18. The predicted molar refractivity (Wildman–Crippen MR) is 103 cm³/mol. The van der Waals surface area contributed by atoms with Gasteiger partial charge in [0.2, 0.25) is 5.01 Å². The molecule has 1 heterocycles. The third kappa shape index (κ3) is 5.11. The molecular weight excluding hydrogens is 402 g/mol. The van der Waals surface area contributed by atoms with Crippen LogP contribution >= 0.6 is 11.3 Å². The van der Waals surface area contributed by atoms with Crippen molar-refractivity contribution in [3.63, 3.8) is 0 Å². The van der Waals surface area contributed by atoms with Crippen LogP contribution < -0.4 is 10.1 Å². The number of nitrogens with one attached hydrogen (secondary N) is 1. The predicted octanol–water partition coefficient (Wildman–Crippen LogP) is 3.35. The first-order valence-corrected chi connectivity index (χ1v) is 9.18. The van der Waals surface area contributed by atoms with Crippen molar-refractivity contribution in [3.8, 4) is 5.75 Å². The summed E-state index contributed by atoms with van der Waals surface area (Å²) < 4.78 is 31.7. The van der Waals surface area contributed by atoms with Crippen LogP contribution in [-0.4, -0.2) is 41.0 Å². The third-order valence-corrected chi connectivity index (χ3v) is 4.60. The van der Waals surface area contributed by atoms with E-state index >= 15 is 0 Å². The van der Waals surface area contributed by atoms with Gasteiger partial charge < -0.3 is 15.0 Å². The molecule has 1 aromatic heterocycles. The number of ether oxygens (including phenoxy) is 1. The summed E-state index contributed by atoms with van der Waals surface area (Å²) in [7, 11) is 3.34. The fourth-order valence-electron chi connectivity index (χ4n) is 2.26. The van der Waals surface area contributed by atoms with Crippen molar-refractivity contribution in [3.05, 3.63) is 69.7 Å². The summed E-state index contributed by atoms with van der Waals surface area (Å²) in [6.07, 6.45) is 0. The fourth-order valence-corrected chi connectivity index (χ4v) is 2.91. The van der Waals surface area contributed by atoms with E-state index in [0.717, 1.165) is 23.5 Å². The quantitative estimate of drug-likeness (QED) is 0.664. The second-order valence-corrected chi connectivity index (χ2v) is 7.16. The van der Waals surface area contributed by atoms with Crippen LogP contribution in [0.3, 0.4) is 0 Å². The maximum atomic E-state index is 13.2. The van der Waals surface area contributed by atoms with Gasteiger partial charge in [0.05, 0.1) is 0 Å². The summed E-state index contributed by atoms with van der Waals surface area (Å²) in [5.74, 6) is -2.24. The summed E-state index contributed by atoms with van der Waals surface area (Å²) in [6.45, 7) is 0.0805. The molecular formula is C19H16F2N4O3S. The Morgan fingerprint density at radius 3 is 2.45 bits per heavy atom. The molecule has 150 valence electrons. The van der Waals surface area contributed by atoms with Gasteiger partial charge in [0.1, 0.15) is 12.4 Å². The Hall–Kier alpha value is -3.40. The number of halogens is 2. The SMILES string of the molecule is CN(C)C(=O)c1ccc(OCc2nnc(C(=O)Nc3ccc(F)c(F)c3)s2)cc1. The number of rotatable bonds is 6. The molecule has 0 saturated carbocycles. The molecule has 0 spiro atoms. The topological polar surface area (TPSA) is 84.4 Å². The van der Waals surface area contributed by atoms with E-state index in [0.29, 0.717) is 16.3 Å². The lowest BCUT2D eigenvalue weighted by molar-refractivity contribution is 0.0827. The lowest BCUT2D eigenvalue weighted by Crippen LogP contribution is -2.21. The minimum absolute atomic E-state index is 0.0558. The Labute approximate surface area is 168 Å². The molecule has 3 aromatic rings. The van der Waals surface area contributed by atoms with Crippen LogP contribution in [-0.2, 0) is 6.61 Å². The van der Waals surface area contributed by atoms with Crippen molar-refractivity contribution in [2.24, 2.45) is 0 Å². The van der Waals surface area contributed by atoms with Crippen molar-refractivity contribution in [1.29, 1.82) is 0 Å². The average molecular weight is 418 g/mol. The van der Waals surface area contributed by atoms with Crippen LogP contribution in [0.2, 0.25) is 0 Å². The molecule has 0 radical (unpaired) electrons. The molecule has 0 aliphatic rings. The van der Waals surface area contributed by atoms with Gasteiger partial charge in [-0.1, -0.05) is 11.3 Å². The van der Waals surface area contributed by atoms with Crippen LogP contribution in [0.5, 0.6) is 5.75 Å². The molecule has 10 heteroatoms. The molecule has 2 amide bonds. The van der Waals surface area contributed by atoms with Gasteiger partial charge in [-0.15, -0.1) is 10.2 Å². The number of aromatic nitrogens is 2. The van der Waals surface area contributed by atoms with Gasteiger partial charge in [-0.25, -0.2) is 8.78 Å². The molecule has 0 aliphatic heterocycles. The number of amides is 2. The molecule has 7 nitrogen and oxygen atoms in total. The monoisotopic (exact) mass is 418 g/mol. The molecule has 0 saturated heterocycles. The van der Waals surface area contributed by atoms with E-state index in [4.69, 9.17) is 4.74 Å². The first kappa shape index (κ1) is 20.3. The van der Waals surface area contributed by atoms with Crippen molar-refractivity contribution in [1.82, 2.24) is 15.1 Å². The Balaban J connectivity index is 1.58. The highest BCUT2D eigenvalue weighted by atomic mass is 32.1. The van der Waals surface area contributed by atoms with Crippen molar-refractivity contribution < 1.29 is 23.1 Å². The van der Waals surface area contributed by atoms with Gasteiger partial charge in [0.15, 0.2) is 16.6 Å². The number of hydrogen-bond donors (Lipinski definition) is 1. The van der Waals surface area contributed by atoms with Crippen molar-refractivity contribution >= 4 is 28.8 Å². The zero-order valence-electron chi connectivity index (χ0n) is 15.5. The van der Waals surface area contributed by atoms with Gasteiger partial charge in [-0.3, -0.25) is 9.59 Å². The lowest BCUT2D eigenvalue weighted by Gasteiger charge is -2.10. The fraction of sp³-hybridized carbons (Fsp3) is 0.158. The minimum Gasteiger partial charge on any atom is -0.486 e. The smallest absolute Gasteiger partial charge is 0.286 e. The maximum absolute atomic E-state index is 13.2. The van der Waals surface area contributed by atoms with E-state index in [-0.39, 0.29) is 23.2 Å². The molecule has 29 heavy (non-hydrogen) atoms. The second-order valence-electron chi connectivity index (χ2n) is 6.10. The Bertz CT molecular complexity index is 1040. The van der Waals surface area contributed by atoms with Crippen molar-refractivity contribution in [2.75, 3.05) is 19.4 Å². The van der Waals surface area contributed by atoms with E-state index in [2.05, 4.69) is 15.5 Å². The first-order chi connectivity index (χ1) is 13.8. The van der Waals surface area contributed by atoms with Gasteiger partial charge in [-0.05, 0) is 36.4 Å². The number of carbonyl (C=O) groups excluding carboxylic acids is 2. The van der Waals surface area contributed by atoms with E-state index in [1.807, 2.05) is 0 Å². The van der Waals surface area contributed by atoms with Crippen LogP contribution in [0.25, 0.3) is 0 Å². The van der Waals surface area contributed by atoms with Crippen LogP contribution in [0.4, 0.5) is 14.5 Å². The van der Waals surface area contributed by atoms with Gasteiger partial charge in [0, 0.05) is 31.4 Å². The number of benzene rings is 2. The summed E-state index contributed by atoms with van der Waals surface area (Å²) >= 11 is 1.01. The van der Waals surface area contributed by atoms with E-state index < -0.39 is 17.5 Å². The molecule has 2 aromatic carbocycles. The molecule has 0 atom stereocenters. The van der Waals surface area contributed by atoms with Gasteiger partial charge in [-0.2, -0.15) is 0 Å². The highest BCUT2D eigenvalue weighted by Gasteiger charge is 2.15. The lowest BCUT2D eigenvalue weighted by atomic mass is 10.2. The molecule has 0 unspecified atom stereocenters. The Kier molecular flexibility index (Phi) is 6.13. The zero-order chi connectivity index (χ0) is 21.0. The maximum Gasteiger partial charge on any atom is 0.286 e. The summed E-state index contributed by atoms with van der Waals surface area (Å²) in [5, 5.41) is 10.6. The standard InChI is InChI=1S/C19H16F2N4O3S/c1-25(2)19(27)11-3-6-13(7-4-11)28-10-16-23-24-18(29-16)17(26)22-12-5-8-14(20)15(21)9-12/h3-9H,10H2,1-2H3,(H,22,26). The second kappa shape index (κ2) is 8.74. The number of carbonyl (C=O) groups is 2. The molecule has 3 rings (SSSR count). The highest BCUT2D eigenvalue weighted by molar-refractivity contribution is 7.13. The number of anilines is 1. The summed E-state index contributed by atoms with van der Waals surface area (Å²) in [6, 6.07) is 9.66. The largest absolute Gasteiger partial charge is 0.486 e. The van der Waals surface area contributed by atoms with Gasteiger partial charge >= 0.3 is 0 Å². The molecule has 0 fully saturated rings. The molecule has 0 aliphatic carbocycles. The van der Waals surface area contributed by atoms with Gasteiger partial charge in [0.25, 0.3) is 11.8 Å². The molecule has 1 N–H and O–H groups in total. The third-order valence-electron chi connectivity index (χ3n) is 3.71. The van der Waals surface area contributed by atoms with E-state index in [1.54, 1.807) is 38.4 Å². The molecule has 0 bridgehead atoms. The summed E-state index contributed by atoms with van der Waals surface area (Å²) in [5.41, 5.74) is 0.642. The Morgan fingerprint density at radius 2 is 1.79 bits per heavy atom. The zero-order valence-corrected chi connectivity index (χ0v) is 16.3. The summed E-state index contributed by atoms with van der Waals surface area (Å²) in [4.78, 5) is 25.5. The van der Waals surface area contributed by atoms with Crippen LogP contribution in [0.15, 0.2) is 42.5 Å². The number of nitrogens with zero attached hydrogens (tertiary/aromatic N) is 3. The Morgan fingerprint density at radius 1 is 1.07 bits per heavy atom. The van der Waals surface area contributed by atoms with E-state index in [1.165, 1.54) is 11.0 Å². The van der Waals surface area contributed by atoms with Crippen LogP contribution in [0, 0.1) is 11.6 Å². The van der Waals surface area contributed by atoms with E-state index in [9.17, 15) is 18.4 Å².